The maximum atomic E-state index is 13.5. The molecule has 9 heteroatoms. The number of likely N-dealkylation sites (N-methyl/N-ethyl adjacent to an activating group) is 1. The van der Waals surface area contributed by atoms with E-state index in [1.807, 2.05) is 42.5 Å². The van der Waals surface area contributed by atoms with Crippen LogP contribution in [-0.2, 0) is 16.1 Å². The molecule has 1 heterocycles. The highest BCUT2D eigenvalue weighted by Crippen LogP contribution is 2.25. The first-order valence-corrected chi connectivity index (χ1v) is 13.8. The Balaban J connectivity index is 1.47. The number of rotatable bonds is 8. The molecule has 9 nitrogen and oxygen atoms in total. The highest BCUT2D eigenvalue weighted by molar-refractivity contribution is 6.07. The molecule has 0 spiro atoms. The fourth-order valence-electron chi connectivity index (χ4n) is 4.62. The van der Waals surface area contributed by atoms with Crippen molar-refractivity contribution in [2.24, 2.45) is 0 Å². The van der Waals surface area contributed by atoms with E-state index in [0.717, 1.165) is 37.3 Å². The van der Waals surface area contributed by atoms with Gasteiger partial charge in [0, 0.05) is 38.3 Å². The Kier molecular flexibility index (Phi) is 9.75. The molecule has 4 rings (SSSR count). The van der Waals surface area contributed by atoms with Crippen LogP contribution in [0.2, 0.25) is 0 Å². The van der Waals surface area contributed by atoms with Gasteiger partial charge in [-0.05, 0) is 63.2 Å². The van der Waals surface area contributed by atoms with Crippen LogP contribution in [0.15, 0.2) is 78.9 Å². The van der Waals surface area contributed by atoms with Gasteiger partial charge < -0.3 is 20.3 Å². The molecule has 3 amide bonds. The lowest BCUT2D eigenvalue weighted by Crippen LogP contribution is -2.49. The van der Waals surface area contributed by atoms with Crippen molar-refractivity contribution in [2.45, 2.75) is 39.0 Å². The van der Waals surface area contributed by atoms with E-state index in [4.69, 9.17) is 4.74 Å². The summed E-state index contributed by atoms with van der Waals surface area (Å²) in [5.41, 5.74) is 2.52. The minimum Gasteiger partial charge on any atom is -0.444 e. The number of hydrogen-bond acceptors (Lipinski definition) is 6. The molecule has 1 aliphatic heterocycles. The maximum Gasteiger partial charge on any atom is 0.412 e. The Morgan fingerprint density at radius 2 is 1.39 bits per heavy atom. The Morgan fingerprint density at radius 3 is 2.00 bits per heavy atom. The van der Waals surface area contributed by atoms with Crippen molar-refractivity contribution in [3.63, 3.8) is 0 Å². The minimum absolute atomic E-state index is 0.0715. The maximum absolute atomic E-state index is 13.5. The average Bonchev–Trinajstić information content (AvgIpc) is 2.94. The summed E-state index contributed by atoms with van der Waals surface area (Å²) in [5.74, 6) is -0.405. The molecule has 0 saturated carbocycles. The van der Waals surface area contributed by atoms with Crippen molar-refractivity contribution >= 4 is 29.3 Å². The van der Waals surface area contributed by atoms with Gasteiger partial charge in [-0.1, -0.05) is 54.6 Å². The largest absolute Gasteiger partial charge is 0.444 e. The van der Waals surface area contributed by atoms with Crippen LogP contribution < -0.4 is 16.0 Å². The predicted octanol–water partition coefficient (Wildman–Crippen LogP) is 4.89. The highest BCUT2D eigenvalue weighted by Gasteiger charge is 2.30. The number of para-hydroxylation sites is 2. The van der Waals surface area contributed by atoms with Crippen molar-refractivity contribution in [3.8, 4) is 0 Å². The molecule has 1 unspecified atom stereocenters. The third-order valence-electron chi connectivity index (χ3n) is 6.76. The number of anilines is 2. The molecule has 1 saturated heterocycles. The summed E-state index contributed by atoms with van der Waals surface area (Å²) in [7, 11) is 2.08. The van der Waals surface area contributed by atoms with Gasteiger partial charge in [0.05, 0.1) is 11.4 Å². The fourth-order valence-corrected chi connectivity index (χ4v) is 4.62. The van der Waals surface area contributed by atoms with Gasteiger partial charge in [0.25, 0.3) is 5.91 Å². The van der Waals surface area contributed by atoms with Crippen molar-refractivity contribution in [1.82, 2.24) is 15.1 Å². The van der Waals surface area contributed by atoms with Crippen molar-refractivity contribution < 1.29 is 19.1 Å². The second-order valence-corrected chi connectivity index (χ2v) is 11.2. The van der Waals surface area contributed by atoms with Crippen molar-refractivity contribution in [3.05, 3.63) is 95.6 Å². The number of ether oxygens (including phenoxy) is 1. The molecule has 216 valence electrons. The predicted molar refractivity (Wildman–Crippen MR) is 161 cm³/mol. The summed E-state index contributed by atoms with van der Waals surface area (Å²) >= 11 is 0. The molecule has 3 aromatic carbocycles. The number of carbonyl (C=O) groups is 3. The summed E-state index contributed by atoms with van der Waals surface area (Å²) < 4.78 is 5.34. The lowest BCUT2D eigenvalue weighted by molar-refractivity contribution is -0.127. The number of nitrogens with one attached hydrogen (secondary N) is 3. The van der Waals surface area contributed by atoms with Crippen LogP contribution in [-0.4, -0.2) is 66.5 Å². The Bertz CT molecular complexity index is 1330. The van der Waals surface area contributed by atoms with Crippen LogP contribution in [0, 0.1) is 0 Å². The van der Waals surface area contributed by atoms with Crippen molar-refractivity contribution in [2.75, 3.05) is 43.9 Å². The number of piperazine rings is 1. The van der Waals surface area contributed by atoms with Gasteiger partial charge in [0.1, 0.15) is 11.6 Å². The second kappa shape index (κ2) is 13.4. The van der Waals surface area contributed by atoms with E-state index in [1.165, 1.54) is 0 Å². The van der Waals surface area contributed by atoms with Crippen LogP contribution in [0.25, 0.3) is 0 Å². The molecule has 0 bridgehead atoms. The topological polar surface area (TPSA) is 103 Å². The van der Waals surface area contributed by atoms with Crippen LogP contribution in [0.3, 0.4) is 0 Å². The van der Waals surface area contributed by atoms with E-state index in [0.29, 0.717) is 23.5 Å². The molecule has 1 fully saturated rings. The molecule has 1 atom stereocenters. The number of amides is 3. The van der Waals surface area contributed by atoms with Crippen LogP contribution in [0.4, 0.5) is 16.2 Å². The van der Waals surface area contributed by atoms with E-state index >= 15 is 0 Å². The number of hydrogen-bond donors (Lipinski definition) is 3. The summed E-state index contributed by atoms with van der Waals surface area (Å²) in [6, 6.07) is 23.4. The molecule has 3 N–H and O–H groups in total. The van der Waals surface area contributed by atoms with Crippen LogP contribution in [0.1, 0.15) is 48.3 Å². The highest BCUT2D eigenvalue weighted by atomic mass is 16.6. The molecule has 3 aromatic rings. The van der Waals surface area contributed by atoms with E-state index < -0.39 is 17.7 Å². The number of carbonyl (C=O) groups excluding carboxylic acids is 3. The normalized spacial score (nSPS) is 15.0. The summed E-state index contributed by atoms with van der Waals surface area (Å²) in [6.45, 7) is 9.08. The lowest BCUT2D eigenvalue weighted by Gasteiger charge is -2.37. The Morgan fingerprint density at radius 1 is 0.805 bits per heavy atom. The Hall–Kier alpha value is -4.21. The zero-order valence-corrected chi connectivity index (χ0v) is 24.1. The van der Waals surface area contributed by atoms with E-state index in [-0.39, 0.29) is 11.8 Å². The quantitative estimate of drug-likeness (QED) is 0.365. The smallest absolute Gasteiger partial charge is 0.412 e. The van der Waals surface area contributed by atoms with Gasteiger partial charge in [-0.3, -0.25) is 19.8 Å². The van der Waals surface area contributed by atoms with Gasteiger partial charge in [-0.15, -0.1) is 0 Å². The second-order valence-electron chi connectivity index (χ2n) is 11.2. The SMILES string of the molecule is CN1CCN(C(C(=O)NCc2ccccc2)c2ccc(C(=O)Nc3ccccc3NC(=O)OC(C)(C)C)cc2)CC1. The minimum atomic E-state index is -0.648. The lowest BCUT2D eigenvalue weighted by atomic mass is 10.0. The Labute approximate surface area is 241 Å². The van der Waals surface area contributed by atoms with Crippen LogP contribution in [0.5, 0.6) is 0 Å². The first-order valence-electron chi connectivity index (χ1n) is 13.8. The van der Waals surface area contributed by atoms with E-state index in [1.54, 1.807) is 57.2 Å². The average molecular weight is 558 g/mol. The van der Waals surface area contributed by atoms with Gasteiger partial charge in [0.2, 0.25) is 5.91 Å². The molecule has 1 aliphatic rings. The summed E-state index contributed by atoms with van der Waals surface area (Å²) in [5, 5.41) is 8.66. The third kappa shape index (κ3) is 8.64. The van der Waals surface area contributed by atoms with Crippen LogP contribution >= 0.6 is 0 Å². The monoisotopic (exact) mass is 557 g/mol. The first kappa shape index (κ1) is 29.8. The molecule has 0 aromatic heterocycles. The first-order chi connectivity index (χ1) is 19.6. The zero-order chi connectivity index (χ0) is 29.4. The third-order valence-corrected chi connectivity index (χ3v) is 6.76. The van der Waals surface area contributed by atoms with E-state index in [2.05, 4.69) is 32.8 Å². The zero-order valence-electron chi connectivity index (χ0n) is 24.1. The van der Waals surface area contributed by atoms with Gasteiger partial charge >= 0.3 is 6.09 Å². The molecular formula is C32H39N5O4. The van der Waals surface area contributed by atoms with Gasteiger partial charge in [-0.2, -0.15) is 0 Å². The number of benzene rings is 3. The van der Waals surface area contributed by atoms with Gasteiger partial charge in [-0.25, -0.2) is 4.79 Å². The standard InChI is InChI=1S/C32H39N5O4/c1-32(2,3)41-31(40)35-27-13-9-8-12-26(27)34-29(38)25-16-14-24(15-17-25)28(37-20-18-36(4)19-21-37)30(39)33-22-23-10-6-5-7-11-23/h5-17,28H,18-22H2,1-4H3,(H,33,39)(H,34,38)(H,35,40). The fraction of sp³-hybridized carbons (Fsp3) is 0.344. The van der Waals surface area contributed by atoms with Gasteiger partial charge in [0.15, 0.2) is 0 Å². The van der Waals surface area contributed by atoms with E-state index in [9.17, 15) is 14.4 Å². The molecular weight excluding hydrogens is 518 g/mol. The van der Waals surface area contributed by atoms with Crippen molar-refractivity contribution in [1.29, 1.82) is 0 Å². The number of nitrogens with zero attached hydrogens (tertiary/aromatic N) is 2. The summed E-state index contributed by atoms with van der Waals surface area (Å²) in [6.07, 6.45) is -0.607. The molecule has 0 radical (unpaired) electrons. The molecule has 41 heavy (non-hydrogen) atoms. The summed E-state index contributed by atoms with van der Waals surface area (Å²) in [4.78, 5) is 43.3. The molecule has 0 aliphatic carbocycles.